The van der Waals surface area contributed by atoms with Crippen LogP contribution in [0.15, 0.2) is 51.0 Å². The molecule has 3 aromatic rings. The van der Waals surface area contributed by atoms with Crippen LogP contribution in [-0.2, 0) is 6.42 Å². The molecule has 1 fully saturated rings. The number of methoxy groups -OCH3 is 1. The van der Waals surface area contributed by atoms with Crippen molar-refractivity contribution in [2.75, 3.05) is 20.2 Å². The molecule has 0 bridgehead atoms. The highest BCUT2D eigenvalue weighted by Gasteiger charge is 2.23. The van der Waals surface area contributed by atoms with E-state index in [0.717, 1.165) is 54.9 Å². The van der Waals surface area contributed by atoms with Crippen LogP contribution >= 0.6 is 0 Å². The zero-order valence-corrected chi connectivity index (χ0v) is 16.3. The van der Waals surface area contributed by atoms with Crippen LogP contribution in [-0.4, -0.2) is 25.3 Å². The van der Waals surface area contributed by atoms with E-state index in [0.29, 0.717) is 28.3 Å². The second-order valence-electron chi connectivity index (χ2n) is 7.58. The van der Waals surface area contributed by atoms with E-state index in [1.165, 1.54) is 0 Å². The minimum atomic E-state index is 0.126. The molecule has 0 radical (unpaired) electrons. The summed E-state index contributed by atoms with van der Waals surface area (Å²) in [5.41, 5.74) is 4.14. The van der Waals surface area contributed by atoms with Crippen LogP contribution in [0.1, 0.15) is 29.7 Å². The minimum Gasteiger partial charge on any atom is -0.504 e. The van der Waals surface area contributed by atoms with Gasteiger partial charge in [-0.2, -0.15) is 0 Å². The summed E-state index contributed by atoms with van der Waals surface area (Å²) in [5.74, 6) is 1.89. The Balaban J connectivity index is 1.58. The predicted molar refractivity (Wildman–Crippen MR) is 113 cm³/mol. The molecule has 2 aliphatic heterocycles. The van der Waals surface area contributed by atoms with E-state index < -0.39 is 0 Å². The molecule has 1 saturated heterocycles. The Morgan fingerprint density at radius 2 is 2.00 bits per heavy atom. The van der Waals surface area contributed by atoms with E-state index in [4.69, 9.17) is 9.15 Å². The van der Waals surface area contributed by atoms with E-state index >= 15 is 0 Å². The zero-order chi connectivity index (χ0) is 19.8. The van der Waals surface area contributed by atoms with Crippen molar-refractivity contribution in [2.24, 2.45) is 16.1 Å². The summed E-state index contributed by atoms with van der Waals surface area (Å²) in [6.07, 6.45) is 4.87. The largest absolute Gasteiger partial charge is 0.504 e. The number of hydrogen-bond donors (Lipinski definition) is 2. The van der Waals surface area contributed by atoms with E-state index in [1.54, 1.807) is 13.2 Å². The van der Waals surface area contributed by atoms with Gasteiger partial charge in [0.2, 0.25) is 0 Å². The van der Waals surface area contributed by atoms with Crippen molar-refractivity contribution in [3.63, 3.8) is 0 Å². The SMILES string of the molecule is COc1ccc2c(O)c(C=C3N=Nc4ccccc43)oc2c1CC1CCNCC1. The van der Waals surface area contributed by atoms with Gasteiger partial charge in [-0.1, -0.05) is 18.2 Å². The number of azo groups is 1. The van der Waals surface area contributed by atoms with Crippen LogP contribution in [0.5, 0.6) is 11.5 Å². The van der Waals surface area contributed by atoms with Gasteiger partial charge < -0.3 is 19.6 Å². The Bertz CT molecular complexity index is 1120. The monoisotopic (exact) mass is 389 g/mol. The van der Waals surface area contributed by atoms with Crippen molar-refractivity contribution in [3.05, 3.63) is 53.3 Å². The first-order chi connectivity index (χ1) is 14.2. The first kappa shape index (κ1) is 17.9. The van der Waals surface area contributed by atoms with Gasteiger partial charge in [-0.25, -0.2) is 0 Å². The number of benzene rings is 2. The molecule has 29 heavy (non-hydrogen) atoms. The smallest absolute Gasteiger partial charge is 0.172 e. The van der Waals surface area contributed by atoms with Gasteiger partial charge in [0.15, 0.2) is 11.5 Å². The number of fused-ring (bicyclic) bond motifs is 2. The minimum absolute atomic E-state index is 0.126. The van der Waals surface area contributed by atoms with Crippen molar-refractivity contribution in [1.29, 1.82) is 0 Å². The van der Waals surface area contributed by atoms with Crippen LogP contribution in [0.4, 0.5) is 5.69 Å². The molecule has 0 unspecified atom stereocenters. The zero-order valence-electron chi connectivity index (χ0n) is 16.3. The number of hydrogen-bond acceptors (Lipinski definition) is 6. The first-order valence-electron chi connectivity index (χ1n) is 9.99. The molecule has 6 heteroatoms. The fourth-order valence-electron chi connectivity index (χ4n) is 4.23. The molecule has 2 aliphatic rings. The Morgan fingerprint density at radius 3 is 2.83 bits per heavy atom. The molecule has 6 nitrogen and oxygen atoms in total. The number of furan rings is 1. The molecule has 0 aliphatic carbocycles. The standard InChI is InChI=1S/C23H23N3O3/c1-28-20-7-6-16-22(27)21(13-19-15-4-2-3-5-18(15)25-26-19)29-23(16)17(20)12-14-8-10-24-11-9-14/h2-7,13-14,24,27H,8-12H2,1H3. The lowest BCUT2D eigenvalue weighted by molar-refractivity contribution is 0.360. The van der Waals surface area contributed by atoms with Gasteiger partial charge in [0.1, 0.15) is 11.3 Å². The summed E-state index contributed by atoms with van der Waals surface area (Å²) in [7, 11) is 1.68. The van der Waals surface area contributed by atoms with Crippen LogP contribution in [0.3, 0.4) is 0 Å². The van der Waals surface area contributed by atoms with Crippen molar-refractivity contribution in [1.82, 2.24) is 5.32 Å². The summed E-state index contributed by atoms with van der Waals surface area (Å²) in [4.78, 5) is 0. The van der Waals surface area contributed by atoms with Gasteiger partial charge >= 0.3 is 0 Å². The lowest BCUT2D eigenvalue weighted by Gasteiger charge is -2.23. The molecule has 0 amide bonds. The molecule has 3 heterocycles. The second-order valence-corrected chi connectivity index (χ2v) is 7.58. The normalized spacial score (nSPS) is 17.9. The fraction of sp³-hybridized carbons (Fsp3) is 0.304. The van der Waals surface area contributed by atoms with E-state index in [9.17, 15) is 5.11 Å². The maximum Gasteiger partial charge on any atom is 0.172 e. The summed E-state index contributed by atoms with van der Waals surface area (Å²) in [5, 5.41) is 23.4. The molecule has 2 aromatic carbocycles. The maximum atomic E-state index is 10.8. The molecule has 2 N–H and O–H groups in total. The van der Waals surface area contributed by atoms with E-state index in [-0.39, 0.29) is 5.75 Å². The van der Waals surface area contributed by atoms with E-state index in [1.807, 2.05) is 36.4 Å². The number of nitrogens with one attached hydrogen (secondary N) is 1. The molecule has 148 valence electrons. The number of aromatic hydroxyl groups is 1. The van der Waals surface area contributed by atoms with Crippen molar-refractivity contribution < 1.29 is 14.3 Å². The van der Waals surface area contributed by atoms with Gasteiger partial charge in [0.05, 0.1) is 23.9 Å². The number of piperidine rings is 1. The van der Waals surface area contributed by atoms with Crippen molar-refractivity contribution in [3.8, 4) is 11.5 Å². The predicted octanol–water partition coefficient (Wildman–Crippen LogP) is 5.28. The Labute approximate surface area is 168 Å². The molecule has 0 spiro atoms. The summed E-state index contributed by atoms with van der Waals surface area (Å²) >= 11 is 0. The third-order valence-corrected chi connectivity index (χ3v) is 5.80. The van der Waals surface area contributed by atoms with Crippen LogP contribution in [0.25, 0.3) is 22.7 Å². The first-order valence-corrected chi connectivity index (χ1v) is 9.99. The average molecular weight is 389 g/mol. The summed E-state index contributed by atoms with van der Waals surface area (Å²) < 4.78 is 11.8. The summed E-state index contributed by atoms with van der Waals surface area (Å²) in [6.45, 7) is 2.07. The molecule has 5 rings (SSSR count). The summed E-state index contributed by atoms with van der Waals surface area (Å²) in [6, 6.07) is 11.5. The van der Waals surface area contributed by atoms with Gasteiger partial charge in [-0.05, 0) is 56.5 Å². The Hall–Kier alpha value is -3.12. The Morgan fingerprint density at radius 1 is 1.17 bits per heavy atom. The van der Waals surface area contributed by atoms with Crippen LogP contribution in [0, 0.1) is 5.92 Å². The topological polar surface area (TPSA) is 79.3 Å². The van der Waals surface area contributed by atoms with Crippen LogP contribution < -0.4 is 10.1 Å². The molecule has 0 saturated carbocycles. The molecular weight excluding hydrogens is 366 g/mol. The number of rotatable bonds is 4. The van der Waals surface area contributed by atoms with Crippen molar-refractivity contribution >= 4 is 28.4 Å². The molecular formula is C23H23N3O3. The quantitative estimate of drug-likeness (QED) is 0.636. The Kier molecular flexibility index (Phi) is 4.56. The third kappa shape index (κ3) is 3.19. The number of nitrogens with zero attached hydrogens (tertiary/aromatic N) is 2. The highest BCUT2D eigenvalue weighted by Crippen LogP contribution is 2.42. The molecule has 1 aromatic heterocycles. The van der Waals surface area contributed by atoms with Crippen molar-refractivity contribution in [2.45, 2.75) is 19.3 Å². The fourth-order valence-corrected chi connectivity index (χ4v) is 4.23. The highest BCUT2D eigenvalue weighted by atomic mass is 16.5. The van der Waals surface area contributed by atoms with E-state index in [2.05, 4.69) is 15.5 Å². The van der Waals surface area contributed by atoms with Gasteiger partial charge in [0, 0.05) is 17.2 Å². The van der Waals surface area contributed by atoms with Gasteiger partial charge in [0.25, 0.3) is 0 Å². The average Bonchev–Trinajstić information content (AvgIpc) is 3.31. The third-order valence-electron chi connectivity index (χ3n) is 5.80. The molecule has 0 atom stereocenters. The maximum absolute atomic E-state index is 10.8. The number of ether oxygens (including phenoxy) is 1. The van der Waals surface area contributed by atoms with Gasteiger partial charge in [-0.15, -0.1) is 10.2 Å². The van der Waals surface area contributed by atoms with Crippen LogP contribution in [0.2, 0.25) is 0 Å². The highest BCUT2D eigenvalue weighted by molar-refractivity contribution is 5.95. The second kappa shape index (κ2) is 7.37. The lowest BCUT2D eigenvalue weighted by Crippen LogP contribution is -2.28. The lowest BCUT2D eigenvalue weighted by atomic mass is 9.90. The van der Waals surface area contributed by atoms with Gasteiger partial charge in [-0.3, -0.25) is 0 Å².